The predicted octanol–water partition coefficient (Wildman–Crippen LogP) is 6.40. The van der Waals surface area contributed by atoms with Gasteiger partial charge in [0.25, 0.3) is 5.56 Å². The van der Waals surface area contributed by atoms with Crippen molar-refractivity contribution in [2.45, 2.75) is 49.1 Å². The molecular formula is C32H31N3O3S. The van der Waals surface area contributed by atoms with E-state index in [1.165, 1.54) is 23.7 Å². The van der Waals surface area contributed by atoms with Crippen LogP contribution in [-0.4, -0.2) is 28.3 Å². The number of methoxy groups -OCH3 is 1. The molecule has 0 atom stereocenters. The lowest BCUT2D eigenvalue weighted by Crippen LogP contribution is -2.43. The number of ether oxygens (including phenoxy) is 1. The Kier molecular flexibility index (Phi) is 7.00. The standard InChI is InChI=1S/C32H31N3O3S/c1-38-25-16-14-23(15-17-25)33-27(36)21-39-31-34-29-26-13-7-6-10-22(26)20-32(18-8-3-9-19-32)28(29)30(37)35(31)24-11-4-2-5-12-24/h2,4-7,10-17H,3,8-9,18-21H2,1H3,(H,33,36). The Morgan fingerprint density at radius 1 is 0.974 bits per heavy atom. The van der Waals surface area contributed by atoms with Gasteiger partial charge in [-0.3, -0.25) is 14.2 Å². The summed E-state index contributed by atoms with van der Waals surface area (Å²) in [6.45, 7) is 0. The lowest BCUT2D eigenvalue weighted by molar-refractivity contribution is -0.113. The van der Waals surface area contributed by atoms with Crippen LogP contribution >= 0.6 is 11.8 Å². The zero-order chi connectivity index (χ0) is 26.8. The van der Waals surface area contributed by atoms with E-state index < -0.39 is 0 Å². The van der Waals surface area contributed by atoms with E-state index in [9.17, 15) is 9.59 Å². The van der Waals surface area contributed by atoms with Gasteiger partial charge in [-0.25, -0.2) is 4.98 Å². The number of para-hydroxylation sites is 1. The molecule has 0 aliphatic heterocycles. The van der Waals surface area contributed by atoms with Crippen LogP contribution in [0, 0.1) is 0 Å². The van der Waals surface area contributed by atoms with Crippen LogP contribution < -0.4 is 15.6 Å². The summed E-state index contributed by atoms with van der Waals surface area (Å²) in [6, 6.07) is 25.2. The number of nitrogens with one attached hydrogen (secondary N) is 1. The van der Waals surface area contributed by atoms with Gasteiger partial charge in [-0.2, -0.15) is 0 Å². The highest BCUT2D eigenvalue weighted by Gasteiger charge is 2.43. The summed E-state index contributed by atoms with van der Waals surface area (Å²) in [4.78, 5) is 32.6. The Morgan fingerprint density at radius 2 is 1.69 bits per heavy atom. The summed E-state index contributed by atoms with van der Waals surface area (Å²) in [6.07, 6.45) is 6.31. The lowest BCUT2D eigenvalue weighted by Gasteiger charge is -2.42. The number of fused-ring (bicyclic) bond motifs is 4. The summed E-state index contributed by atoms with van der Waals surface area (Å²) in [7, 11) is 1.61. The van der Waals surface area contributed by atoms with Crippen molar-refractivity contribution in [2.24, 2.45) is 0 Å². The van der Waals surface area contributed by atoms with E-state index in [0.717, 1.165) is 60.4 Å². The molecule has 1 heterocycles. The van der Waals surface area contributed by atoms with Gasteiger partial charge >= 0.3 is 0 Å². The van der Waals surface area contributed by atoms with Crippen LogP contribution in [0.15, 0.2) is 88.8 Å². The molecule has 198 valence electrons. The molecule has 0 saturated heterocycles. The van der Waals surface area contributed by atoms with Gasteiger partial charge in [0, 0.05) is 16.7 Å². The third kappa shape index (κ3) is 4.87. The number of aromatic nitrogens is 2. The van der Waals surface area contributed by atoms with E-state index in [1.54, 1.807) is 35.9 Å². The first kappa shape index (κ1) is 25.4. The quantitative estimate of drug-likeness (QED) is 0.228. The number of hydrogen-bond acceptors (Lipinski definition) is 5. The molecule has 1 amide bonds. The summed E-state index contributed by atoms with van der Waals surface area (Å²) in [5.41, 5.74) is 5.16. The van der Waals surface area contributed by atoms with Gasteiger partial charge in [0.05, 0.1) is 29.8 Å². The van der Waals surface area contributed by atoms with Crippen molar-refractivity contribution < 1.29 is 9.53 Å². The molecule has 2 aliphatic rings. The van der Waals surface area contributed by atoms with Crippen molar-refractivity contribution in [2.75, 3.05) is 18.2 Å². The number of carbonyl (C=O) groups is 1. The topological polar surface area (TPSA) is 73.2 Å². The van der Waals surface area contributed by atoms with Gasteiger partial charge in [0.1, 0.15) is 5.75 Å². The monoisotopic (exact) mass is 537 g/mol. The van der Waals surface area contributed by atoms with E-state index in [2.05, 4.69) is 23.5 Å². The number of hydrogen-bond donors (Lipinski definition) is 1. The van der Waals surface area contributed by atoms with Crippen molar-refractivity contribution in [3.05, 3.63) is 100 Å². The molecule has 0 bridgehead atoms. The van der Waals surface area contributed by atoms with Crippen molar-refractivity contribution >= 4 is 23.4 Å². The summed E-state index contributed by atoms with van der Waals surface area (Å²) >= 11 is 1.29. The van der Waals surface area contributed by atoms with Gasteiger partial charge in [-0.05, 0) is 61.2 Å². The van der Waals surface area contributed by atoms with Gasteiger partial charge < -0.3 is 10.1 Å². The molecule has 1 aromatic heterocycles. The number of carbonyl (C=O) groups excluding carboxylic acids is 1. The molecule has 39 heavy (non-hydrogen) atoms. The second-order valence-corrected chi connectivity index (χ2v) is 11.3. The highest BCUT2D eigenvalue weighted by atomic mass is 32.2. The Bertz CT molecular complexity index is 1560. The fourth-order valence-electron chi connectivity index (χ4n) is 6.09. The van der Waals surface area contributed by atoms with Crippen LogP contribution in [0.2, 0.25) is 0 Å². The van der Waals surface area contributed by atoms with Gasteiger partial charge in [0.2, 0.25) is 5.91 Å². The van der Waals surface area contributed by atoms with Gasteiger partial charge in [-0.15, -0.1) is 0 Å². The minimum absolute atomic E-state index is 0.0133. The van der Waals surface area contributed by atoms with E-state index in [0.29, 0.717) is 10.8 Å². The second-order valence-electron chi connectivity index (χ2n) is 10.3. The Morgan fingerprint density at radius 3 is 2.44 bits per heavy atom. The van der Waals surface area contributed by atoms with Crippen molar-refractivity contribution in [1.29, 1.82) is 0 Å². The number of amides is 1. The molecule has 1 spiro atoms. The third-order valence-corrected chi connectivity index (χ3v) is 8.85. The number of benzene rings is 3. The third-order valence-electron chi connectivity index (χ3n) is 7.92. The number of thioether (sulfide) groups is 1. The first-order valence-electron chi connectivity index (χ1n) is 13.5. The normalized spacial score (nSPS) is 15.3. The highest BCUT2D eigenvalue weighted by Crippen LogP contribution is 2.49. The van der Waals surface area contributed by atoms with Crippen molar-refractivity contribution in [3.63, 3.8) is 0 Å². The molecule has 1 saturated carbocycles. The van der Waals surface area contributed by atoms with Crippen LogP contribution in [0.1, 0.15) is 43.2 Å². The summed E-state index contributed by atoms with van der Waals surface area (Å²) in [5, 5.41) is 3.46. The smallest absolute Gasteiger partial charge is 0.263 e. The molecular weight excluding hydrogens is 506 g/mol. The summed E-state index contributed by atoms with van der Waals surface area (Å²) in [5.74, 6) is 0.682. The maximum absolute atomic E-state index is 14.5. The van der Waals surface area contributed by atoms with E-state index in [1.807, 2.05) is 36.4 Å². The second kappa shape index (κ2) is 10.7. The van der Waals surface area contributed by atoms with Crippen LogP contribution in [0.25, 0.3) is 16.9 Å². The fraction of sp³-hybridized carbons (Fsp3) is 0.281. The fourth-order valence-corrected chi connectivity index (χ4v) is 6.90. The molecule has 0 radical (unpaired) electrons. The van der Waals surface area contributed by atoms with Gasteiger partial charge in [-0.1, -0.05) is 73.5 Å². The zero-order valence-corrected chi connectivity index (χ0v) is 22.8. The minimum atomic E-state index is -0.197. The number of rotatable bonds is 6. The Hall–Kier alpha value is -3.84. The van der Waals surface area contributed by atoms with E-state index in [4.69, 9.17) is 9.72 Å². The average Bonchev–Trinajstić information content (AvgIpc) is 2.97. The van der Waals surface area contributed by atoms with Crippen LogP contribution in [0.5, 0.6) is 5.75 Å². The van der Waals surface area contributed by atoms with Crippen molar-refractivity contribution in [3.8, 4) is 22.7 Å². The summed E-state index contributed by atoms with van der Waals surface area (Å²) < 4.78 is 6.92. The Balaban J connectivity index is 1.42. The molecule has 1 fully saturated rings. The maximum atomic E-state index is 14.5. The molecule has 2 aliphatic carbocycles. The SMILES string of the molecule is COc1ccc(NC(=O)CSc2nc3c(c(=O)n2-c2ccccc2)C2(CCCCC2)Cc2ccccc2-3)cc1. The average molecular weight is 538 g/mol. The molecule has 6 nitrogen and oxygen atoms in total. The van der Waals surface area contributed by atoms with Crippen molar-refractivity contribution in [1.82, 2.24) is 9.55 Å². The first-order valence-corrected chi connectivity index (χ1v) is 14.4. The molecule has 0 unspecified atom stereocenters. The Labute approximate surface area is 232 Å². The lowest BCUT2D eigenvalue weighted by atomic mass is 9.62. The molecule has 6 rings (SSSR count). The maximum Gasteiger partial charge on any atom is 0.263 e. The first-order chi connectivity index (χ1) is 19.1. The van der Waals surface area contributed by atoms with Crippen LogP contribution in [0.4, 0.5) is 5.69 Å². The van der Waals surface area contributed by atoms with E-state index in [-0.39, 0.29) is 22.6 Å². The number of anilines is 1. The molecule has 4 aromatic rings. The van der Waals surface area contributed by atoms with Crippen LogP contribution in [0.3, 0.4) is 0 Å². The highest BCUT2D eigenvalue weighted by molar-refractivity contribution is 7.99. The molecule has 3 aromatic carbocycles. The largest absolute Gasteiger partial charge is 0.497 e. The zero-order valence-electron chi connectivity index (χ0n) is 22.0. The minimum Gasteiger partial charge on any atom is -0.497 e. The molecule has 7 heteroatoms. The van der Waals surface area contributed by atoms with Gasteiger partial charge in [0.15, 0.2) is 5.16 Å². The molecule has 1 N–H and O–H groups in total. The number of nitrogens with zero attached hydrogens (tertiary/aromatic N) is 2. The predicted molar refractivity (Wildman–Crippen MR) is 156 cm³/mol. The van der Waals surface area contributed by atoms with E-state index >= 15 is 0 Å². The van der Waals surface area contributed by atoms with Crippen LogP contribution in [-0.2, 0) is 16.6 Å².